The van der Waals surface area contributed by atoms with Crippen LogP contribution in [0.4, 0.5) is 11.4 Å². The van der Waals surface area contributed by atoms with Gasteiger partial charge in [-0.1, -0.05) is 30.0 Å². The van der Waals surface area contributed by atoms with E-state index in [0.717, 1.165) is 17.3 Å². The third-order valence-electron chi connectivity index (χ3n) is 3.50. The van der Waals surface area contributed by atoms with E-state index in [-0.39, 0.29) is 22.4 Å². The summed E-state index contributed by atoms with van der Waals surface area (Å²) in [5.41, 5.74) is 0.624. The molecule has 1 N–H and O–H groups in total. The first-order valence-electron chi connectivity index (χ1n) is 8.29. The number of carbonyl (C=O) groups is 1. The molecule has 0 saturated heterocycles. The molecule has 3 aromatic rings. The molecule has 3 rings (SSSR count). The predicted octanol–water partition coefficient (Wildman–Crippen LogP) is 3.77. The first-order valence-corrected chi connectivity index (χ1v) is 9.28. The number of benzene rings is 2. The van der Waals surface area contributed by atoms with E-state index in [1.54, 1.807) is 13.0 Å². The molecule has 0 atom stereocenters. The maximum Gasteiger partial charge on any atom is 0.296 e. The molecular weight excluding hydrogens is 384 g/mol. The number of carbonyl (C=O) groups excluding carboxylic acids is 1. The fraction of sp³-hybridized carbons (Fsp3) is 0.167. The lowest BCUT2D eigenvalue weighted by atomic mass is 10.2. The van der Waals surface area contributed by atoms with Crippen molar-refractivity contribution in [2.75, 3.05) is 17.7 Å². The quantitative estimate of drug-likeness (QED) is 0.345. The van der Waals surface area contributed by atoms with Crippen LogP contribution in [0.2, 0.25) is 0 Å². The zero-order valence-electron chi connectivity index (χ0n) is 14.8. The van der Waals surface area contributed by atoms with E-state index in [0.29, 0.717) is 18.2 Å². The summed E-state index contributed by atoms with van der Waals surface area (Å²) in [6.07, 6.45) is 0. The van der Waals surface area contributed by atoms with Crippen LogP contribution in [0.5, 0.6) is 5.75 Å². The Bertz CT molecular complexity index is 977. The number of hydrogen-bond donors (Lipinski definition) is 1. The molecule has 1 heterocycles. The highest BCUT2D eigenvalue weighted by Gasteiger charge is 2.18. The van der Waals surface area contributed by atoms with E-state index in [9.17, 15) is 14.9 Å². The van der Waals surface area contributed by atoms with E-state index in [1.165, 1.54) is 12.1 Å². The van der Waals surface area contributed by atoms with Gasteiger partial charge < -0.3 is 14.5 Å². The molecule has 28 heavy (non-hydrogen) atoms. The summed E-state index contributed by atoms with van der Waals surface area (Å²) < 4.78 is 10.8. The Morgan fingerprint density at radius 3 is 2.75 bits per heavy atom. The van der Waals surface area contributed by atoms with Crippen LogP contribution in [0, 0.1) is 10.1 Å². The molecule has 10 heteroatoms. The van der Waals surface area contributed by atoms with Crippen molar-refractivity contribution in [1.29, 1.82) is 0 Å². The highest BCUT2D eigenvalue weighted by Crippen LogP contribution is 2.29. The van der Waals surface area contributed by atoms with Gasteiger partial charge in [-0.15, -0.1) is 10.2 Å². The molecule has 0 aliphatic rings. The van der Waals surface area contributed by atoms with Crippen LogP contribution >= 0.6 is 11.8 Å². The van der Waals surface area contributed by atoms with E-state index in [2.05, 4.69) is 15.5 Å². The summed E-state index contributed by atoms with van der Waals surface area (Å²) in [6.45, 7) is 2.16. The normalized spacial score (nSPS) is 10.5. The van der Waals surface area contributed by atoms with Crippen molar-refractivity contribution in [2.24, 2.45) is 0 Å². The number of amides is 1. The Balaban J connectivity index is 1.62. The second-order valence-electron chi connectivity index (χ2n) is 5.45. The Morgan fingerprint density at radius 2 is 2.04 bits per heavy atom. The molecule has 1 aromatic heterocycles. The SMILES string of the molecule is CCOc1ccc(NC(=O)CSc2nnc(-c3ccccc3)o2)c([N+](=O)[O-])c1. The minimum atomic E-state index is -0.574. The van der Waals surface area contributed by atoms with Gasteiger partial charge in [0.25, 0.3) is 10.9 Å². The van der Waals surface area contributed by atoms with Crippen LogP contribution in [0.1, 0.15) is 6.92 Å². The zero-order valence-corrected chi connectivity index (χ0v) is 15.6. The second-order valence-corrected chi connectivity index (χ2v) is 6.37. The Hall–Kier alpha value is -3.40. The van der Waals surface area contributed by atoms with Crippen LogP contribution in [0.25, 0.3) is 11.5 Å². The molecule has 0 aliphatic heterocycles. The molecular formula is C18H16N4O5S. The molecule has 0 spiro atoms. The van der Waals surface area contributed by atoms with Gasteiger partial charge >= 0.3 is 0 Å². The lowest BCUT2D eigenvalue weighted by Gasteiger charge is -2.07. The Kier molecular flexibility index (Phi) is 6.22. The maximum atomic E-state index is 12.2. The number of aromatic nitrogens is 2. The van der Waals surface area contributed by atoms with Crippen molar-refractivity contribution in [3.05, 3.63) is 58.6 Å². The molecule has 0 fully saturated rings. The molecule has 1 amide bonds. The second kappa shape index (κ2) is 9.00. The van der Waals surface area contributed by atoms with Crippen molar-refractivity contribution in [1.82, 2.24) is 10.2 Å². The topological polar surface area (TPSA) is 120 Å². The minimum Gasteiger partial charge on any atom is -0.494 e. The minimum absolute atomic E-state index is 0.0409. The Labute approximate surface area is 164 Å². The molecule has 144 valence electrons. The number of thioether (sulfide) groups is 1. The van der Waals surface area contributed by atoms with Gasteiger partial charge in [0.05, 0.1) is 23.3 Å². The smallest absolute Gasteiger partial charge is 0.296 e. The lowest BCUT2D eigenvalue weighted by Crippen LogP contribution is -2.15. The molecule has 0 unspecified atom stereocenters. The molecule has 0 aliphatic carbocycles. The van der Waals surface area contributed by atoms with Gasteiger partial charge in [0, 0.05) is 5.56 Å². The summed E-state index contributed by atoms with van der Waals surface area (Å²) in [4.78, 5) is 22.8. The number of hydrogen-bond acceptors (Lipinski definition) is 8. The van der Waals surface area contributed by atoms with Gasteiger partial charge in [-0.2, -0.15) is 0 Å². The van der Waals surface area contributed by atoms with Crippen LogP contribution in [0.15, 0.2) is 58.2 Å². The first-order chi connectivity index (χ1) is 13.6. The third-order valence-corrected chi connectivity index (χ3v) is 4.32. The summed E-state index contributed by atoms with van der Waals surface area (Å²) >= 11 is 1.04. The fourth-order valence-electron chi connectivity index (χ4n) is 2.30. The van der Waals surface area contributed by atoms with Crippen LogP contribution in [-0.4, -0.2) is 33.4 Å². The zero-order chi connectivity index (χ0) is 19.9. The summed E-state index contributed by atoms with van der Waals surface area (Å²) in [7, 11) is 0. The Morgan fingerprint density at radius 1 is 1.25 bits per heavy atom. The number of nitro groups is 1. The molecule has 0 radical (unpaired) electrons. The van der Waals surface area contributed by atoms with E-state index in [1.807, 2.05) is 30.3 Å². The van der Waals surface area contributed by atoms with Gasteiger partial charge in [0.15, 0.2) is 0 Å². The van der Waals surface area contributed by atoms with Crippen LogP contribution in [0.3, 0.4) is 0 Å². The summed E-state index contributed by atoms with van der Waals surface area (Å²) in [6, 6.07) is 13.5. The highest BCUT2D eigenvalue weighted by atomic mass is 32.2. The molecule has 0 bridgehead atoms. The van der Waals surface area contributed by atoms with E-state index >= 15 is 0 Å². The molecule has 9 nitrogen and oxygen atoms in total. The number of ether oxygens (including phenoxy) is 1. The van der Waals surface area contributed by atoms with Crippen LogP contribution < -0.4 is 10.1 Å². The van der Waals surface area contributed by atoms with Gasteiger partial charge in [-0.3, -0.25) is 14.9 Å². The lowest BCUT2D eigenvalue weighted by molar-refractivity contribution is -0.384. The van der Waals surface area contributed by atoms with Crippen molar-refractivity contribution < 1.29 is 18.9 Å². The summed E-state index contributed by atoms with van der Waals surface area (Å²) in [5.74, 6) is 0.240. The number of rotatable bonds is 8. The highest BCUT2D eigenvalue weighted by molar-refractivity contribution is 7.99. The number of nitro benzene ring substituents is 1. The molecule has 0 saturated carbocycles. The van der Waals surface area contributed by atoms with Crippen molar-refractivity contribution >= 4 is 29.0 Å². The monoisotopic (exact) mass is 400 g/mol. The van der Waals surface area contributed by atoms with Gasteiger partial charge in [-0.25, -0.2) is 0 Å². The standard InChI is InChI=1S/C18H16N4O5S/c1-2-26-13-8-9-14(15(10-13)22(24)25)19-16(23)11-28-18-21-20-17(27-18)12-6-4-3-5-7-12/h3-10H,2,11H2,1H3,(H,19,23). The summed E-state index contributed by atoms with van der Waals surface area (Å²) in [5, 5.41) is 21.8. The van der Waals surface area contributed by atoms with Crippen molar-refractivity contribution in [3.8, 4) is 17.2 Å². The average Bonchev–Trinajstić information content (AvgIpc) is 3.17. The maximum absolute atomic E-state index is 12.2. The van der Waals surface area contributed by atoms with Gasteiger partial charge in [-0.05, 0) is 31.2 Å². The average molecular weight is 400 g/mol. The first kappa shape index (κ1) is 19.4. The van der Waals surface area contributed by atoms with Gasteiger partial charge in [0.1, 0.15) is 11.4 Å². The van der Waals surface area contributed by atoms with Crippen LogP contribution in [-0.2, 0) is 4.79 Å². The van der Waals surface area contributed by atoms with Gasteiger partial charge in [0.2, 0.25) is 11.8 Å². The van der Waals surface area contributed by atoms with Crippen molar-refractivity contribution in [2.45, 2.75) is 12.1 Å². The predicted molar refractivity (Wildman–Crippen MR) is 103 cm³/mol. The largest absolute Gasteiger partial charge is 0.494 e. The van der Waals surface area contributed by atoms with E-state index < -0.39 is 10.8 Å². The number of anilines is 1. The number of nitrogens with zero attached hydrogens (tertiary/aromatic N) is 3. The number of nitrogens with one attached hydrogen (secondary N) is 1. The fourth-order valence-corrected chi connectivity index (χ4v) is 2.87. The van der Waals surface area contributed by atoms with E-state index in [4.69, 9.17) is 9.15 Å². The van der Waals surface area contributed by atoms with Crippen molar-refractivity contribution in [3.63, 3.8) is 0 Å². The molecule has 2 aromatic carbocycles. The third kappa shape index (κ3) is 4.86.